The third-order valence-corrected chi connectivity index (χ3v) is 1.15. The normalized spacial score (nSPS) is 25.3. The largest absolute Gasteiger partial charge is 0.373 e. The number of ether oxygens (including phenoxy) is 1. The van der Waals surface area contributed by atoms with Crippen molar-refractivity contribution in [3.63, 3.8) is 0 Å². The van der Waals surface area contributed by atoms with Crippen LogP contribution < -0.4 is 0 Å². The Bertz CT molecular complexity index is 53.7. The van der Waals surface area contributed by atoms with Gasteiger partial charge in [0, 0.05) is 13.1 Å². The summed E-state index contributed by atoms with van der Waals surface area (Å²) in [6.45, 7) is 4.00. The lowest BCUT2D eigenvalue weighted by Gasteiger charge is -2.17. The first-order valence-electron chi connectivity index (χ1n) is 2.23. The third-order valence-electron chi connectivity index (χ3n) is 0.842. The molecule has 1 aliphatic heterocycles. The fraction of sp³-hybridized carbons (Fsp3) is 0.750. The SMILES string of the molecule is ClN1C[CH]OCC1. The minimum atomic E-state index is 0.726. The van der Waals surface area contributed by atoms with Crippen LogP contribution in [0.25, 0.3) is 0 Å². The molecule has 0 aromatic rings. The van der Waals surface area contributed by atoms with Crippen LogP contribution in [0, 0.1) is 6.61 Å². The Morgan fingerprint density at radius 1 is 1.71 bits per heavy atom. The number of hydrogen-bond donors (Lipinski definition) is 0. The zero-order valence-corrected chi connectivity index (χ0v) is 4.69. The summed E-state index contributed by atoms with van der Waals surface area (Å²) in [5.74, 6) is 0. The van der Waals surface area contributed by atoms with Crippen LogP contribution in [0.15, 0.2) is 0 Å². The van der Waals surface area contributed by atoms with Crippen LogP contribution in [-0.4, -0.2) is 24.1 Å². The lowest BCUT2D eigenvalue weighted by molar-refractivity contribution is 0.129. The van der Waals surface area contributed by atoms with Gasteiger partial charge in [0.05, 0.1) is 13.2 Å². The number of morpholine rings is 1. The van der Waals surface area contributed by atoms with E-state index >= 15 is 0 Å². The van der Waals surface area contributed by atoms with E-state index in [9.17, 15) is 0 Å². The second-order valence-electron chi connectivity index (χ2n) is 1.41. The van der Waals surface area contributed by atoms with E-state index in [-0.39, 0.29) is 0 Å². The summed E-state index contributed by atoms with van der Waals surface area (Å²) in [5.41, 5.74) is 0. The van der Waals surface area contributed by atoms with Gasteiger partial charge >= 0.3 is 0 Å². The van der Waals surface area contributed by atoms with Gasteiger partial charge in [-0.25, -0.2) is 4.42 Å². The van der Waals surface area contributed by atoms with E-state index in [2.05, 4.69) is 0 Å². The topological polar surface area (TPSA) is 12.5 Å². The molecular weight excluding hydrogens is 114 g/mol. The average molecular weight is 121 g/mol. The lowest BCUT2D eigenvalue weighted by Crippen LogP contribution is -2.25. The first-order chi connectivity index (χ1) is 3.39. The highest BCUT2D eigenvalue weighted by Gasteiger charge is 2.05. The lowest BCUT2D eigenvalue weighted by atomic mass is 10.5. The molecule has 41 valence electrons. The Balaban J connectivity index is 2.12. The third kappa shape index (κ3) is 1.63. The fourth-order valence-corrected chi connectivity index (χ4v) is 0.585. The first-order valence-corrected chi connectivity index (χ1v) is 2.57. The van der Waals surface area contributed by atoms with Crippen LogP contribution in [0.3, 0.4) is 0 Å². The van der Waals surface area contributed by atoms with E-state index in [1.165, 1.54) is 0 Å². The van der Waals surface area contributed by atoms with Crippen molar-refractivity contribution < 1.29 is 4.74 Å². The van der Waals surface area contributed by atoms with E-state index in [0.29, 0.717) is 0 Å². The molecule has 0 unspecified atom stereocenters. The molecule has 0 atom stereocenters. The zero-order valence-electron chi connectivity index (χ0n) is 3.93. The molecule has 0 aliphatic carbocycles. The molecule has 0 aromatic heterocycles. The standard InChI is InChI=1S/C4H7ClNO/c5-6-1-3-7-4-2-6/h3H,1-2,4H2. The van der Waals surface area contributed by atoms with Crippen LogP contribution in [-0.2, 0) is 4.74 Å². The molecule has 1 heterocycles. The molecule has 3 heteroatoms. The van der Waals surface area contributed by atoms with Crippen molar-refractivity contribution >= 4 is 11.8 Å². The van der Waals surface area contributed by atoms with Crippen LogP contribution in [0.5, 0.6) is 0 Å². The number of halogens is 1. The highest BCUT2D eigenvalue weighted by molar-refractivity contribution is 6.13. The summed E-state index contributed by atoms with van der Waals surface area (Å²) in [7, 11) is 0. The van der Waals surface area contributed by atoms with Crippen molar-refractivity contribution in [3.8, 4) is 0 Å². The maximum Gasteiger partial charge on any atom is 0.0990 e. The average Bonchev–Trinajstić information content (AvgIpc) is 1.69. The van der Waals surface area contributed by atoms with E-state index in [4.69, 9.17) is 16.5 Å². The minimum absolute atomic E-state index is 0.726. The summed E-state index contributed by atoms with van der Waals surface area (Å²) >= 11 is 5.54. The number of nitrogens with zero attached hydrogens (tertiary/aromatic N) is 1. The molecule has 1 rings (SSSR count). The Hall–Kier alpha value is 0.210. The summed E-state index contributed by atoms with van der Waals surface area (Å²) in [6, 6.07) is 0. The fourth-order valence-electron chi connectivity index (χ4n) is 0.460. The van der Waals surface area contributed by atoms with Crippen LogP contribution in [0.2, 0.25) is 0 Å². The van der Waals surface area contributed by atoms with Crippen molar-refractivity contribution in [1.29, 1.82) is 0 Å². The Kier molecular flexibility index (Phi) is 1.91. The molecule has 1 aliphatic rings. The predicted octanol–water partition coefficient (Wildman–Crippen LogP) is 0.634. The molecule has 1 fully saturated rings. The van der Waals surface area contributed by atoms with Crippen molar-refractivity contribution in [2.24, 2.45) is 0 Å². The van der Waals surface area contributed by atoms with Crippen LogP contribution in [0.4, 0.5) is 0 Å². The molecule has 1 saturated heterocycles. The van der Waals surface area contributed by atoms with Crippen molar-refractivity contribution in [2.45, 2.75) is 0 Å². The van der Waals surface area contributed by atoms with Crippen molar-refractivity contribution in [2.75, 3.05) is 19.7 Å². The van der Waals surface area contributed by atoms with Gasteiger partial charge in [-0.3, -0.25) is 0 Å². The number of hydrogen-bond acceptors (Lipinski definition) is 2. The summed E-state index contributed by atoms with van der Waals surface area (Å²) < 4.78 is 6.57. The molecular formula is C4H7ClNO. The maximum absolute atomic E-state index is 5.54. The summed E-state index contributed by atoms with van der Waals surface area (Å²) in [6.07, 6.45) is 0. The van der Waals surface area contributed by atoms with Gasteiger partial charge in [-0.15, -0.1) is 0 Å². The van der Waals surface area contributed by atoms with Gasteiger partial charge in [0.1, 0.15) is 0 Å². The van der Waals surface area contributed by atoms with E-state index < -0.39 is 0 Å². The Labute approximate surface area is 48.1 Å². The van der Waals surface area contributed by atoms with Crippen molar-refractivity contribution in [3.05, 3.63) is 6.61 Å². The molecule has 0 N–H and O–H groups in total. The Morgan fingerprint density at radius 3 is 2.86 bits per heavy atom. The van der Waals surface area contributed by atoms with Crippen molar-refractivity contribution in [1.82, 2.24) is 4.42 Å². The smallest absolute Gasteiger partial charge is 0.0990 e. The van der Waals surface area contributed by atoms with Gasteiger partial charge in [0.2, 0.25) is 0 Å². The van der Waals surface area contributed by atoms with Gasteiger partial charge < -0.3 is 4.74 Å². The maximum atomic E-state index is 5.54. The van der Waals surface area contributed by atoms with Gasteiger partial charge in [-0.05, 0) is 11.8 Å². The van der Waals surface area contributed by atoms with Gasteiger partial charge in [-0.1, -0.05) is 0 Å². The molecule has 0 bridgehead atoms. The summed E-state index contributed by atoms with van der Waals surface area (Å²) in [5, 5.41) is 0. The molecule has 0 spiro atoms. The highest BCUT2D eigenvalue weighted by Crippen LogP contribution is 2.01. The van der Waals surface area contributed by atoms with Gasteiger partial charge in [-0.2, -0.15) is 0 Å². The summed E-state index contributed by atoms with van der Waals surface area (Å²) in [4.78, 5) is 0. The monoisotopic (exact) mass is 120 g/mol. The Morgan fingerprint density at radius 2 is 2.57 bits per heavy atom. The highest BCUT2D eigenvalue weighted by atomic mass is 35.5. The molecule has 0 amide bonds. The van der Waals surface area contributed by atoms with E-state index in [1.54, 1.807) is 11.0 Å². The zero-order chi connectivity index (χ0) is 5.11. The molecule has 1 radical (unpaired) electrons. The molecule has 7 heavy (non-hydrogen) atoms. The molecule has 2 nitrogen and oxygen atoms in total. The quantitative estimate of drug-likeness (QED) is 0.435. The first kappa shape index (κ1) is 5.35. The predicted molar refractivity (Wildman–Crippen MR) is 27.7 cm³/mol. The van der Waals surface area contributed by atoms with E-state index in [1.807, 2.05) is 0 Å². The second-order valence-corrected chi connectivity index (χ2v) is 1.88. The van der Waals surface area contributed by atoms with Crippen LogP contribution in [0.1, 0.15) is 0 Å². The van der Waals surface area contributed by atoms with Gasteiger partial charge in [0.25, 0.3) is 0 Å². The minimum Gasteiger partial charge on any atom is -0.373 e. The van der Waals surface area contributed by atoms with E-state index in [0.717, 1.165) is 19.7 Å². The molecule has 0 aromatic carbocycles. The van der Waals surface area contributed by atoms with Gasteiger partial charge in [0.15, 0.2) is 0 Å². The van der Waals surface area contributed by atoms with Crippen LogP contribution >= 0.6 is 11.8 Å². The molecule has 0 saturated carbocycles. The second kappa shape index (κ2) is 2.50. The number of rotatable bonds is 0.